The van der Waals surface area contributed by atoms with E-state index >= 15 is 0 Å². The van der Waals surface area contributed by atoms with Gasteiger partial charge in [0.2, 0.25) is 10.0 Å². The number of nitrogens with zero attached hydrogens (tertiary/aromatic N) is 2. The van der Waals surface area contributed by atoms with Crippen LogP contribution in [-0.4, -0.2) is 53.1 Å². The highest BCUT2D eigenvalue weighted by Gasteiger charge is 2.22. The van der Waals surface area contributed by atoms with E-state index in [-0.39, 0.29) is 16.7 Å². The number of sulfonamides is 1. The first-order chi connectivity index (χ1) is 9.67. The lowest BCUT2D eigenvalue weighted by Gasteiger charge is -2.23. The second-order valence-electron chi connectivity index (χ2n) is 5.32. The number of rotatable bonds is 7. The molecule has 21 heavy (non-hydrogen) atoms. The molecule has 0 aliphatic carbocycles. The molecular formula is C14H25N3O3S. The first-order valence-corrected chi connectivity index (χ1v) is 8.25. The molecule has 0 fully saturated rings. The Hall–Kier alpha value is -1.31. The zero-order valence-corrected chi connectivity index (χ0v) is 14.1. The molecule has 0 saturated heterocycles. The molecule has 120 valence electrons. The summed E-state index contributed by atoms with van der Waals surface area (Å²) >= 11 is 0. The zero-order chi connectivity index (χ0) is 16.2. The highest BCUT2D eigenvalue weighted by Crippen LogP contribution is 2.30. The summed E-state index contributed by atoms with van der Waals surface area (Å²) in [6, 6.07) is 5.02. The largest absolute Gasteiger partial charge is 0.396 e. The molecule has 0 bridgehead atoms. The number of ether oxygens (including phenoxy) is 1. The fourth-order valence-electron chi connectivity index (χ4n) is 1.83. The van der Waals surface area contributed by atoms with Crippen molar-refractivity contribution in [3.05, 3.63) is 18.2 Å². The Morgan fingerprint density at radius 2 is 1.86 bits per heavy atom. The third kappa shape index (κ3) is 4.33. The van der Waals surface area contributed by atoms with Crippen LogP contribution >= 0.6 is 0 Å². The summed E-state index contributed by atoms with van der Waals surface area (Å²) in [5.74, 6) is 0. The van der Waals surface area contributed by atoms with E-state index in [0.29, 0.717) is 18.8 Å². The van der Waals surface area contributed by atoms with E-state index in [2.05, 4.69) is 0 Å². The van der Waals surface area contributed by atoms with E-state index < -0.39 is 10.0 Å². The fourth-order valence-corrected chi connectivity index (χ4v) is 2.86. The van der Waals surface area contributed by atoms with Crippen molar-refractivity contribution in [3.8, 4) is 0 Å². The molecule has 1 aromatic carbocycles. The third-order valence-electron chi connectivity index (χ3n) is 3.09. The number of para-hydroxylation sites is 1. The molecule has 0 heterocycles. The molecule has 0 aromatic heterocycles. The van der Waals surface area contributed by atoms with Crippen LogP contribution in [0.4, 0.5) is 11.4 Å². The number of likely N-dealkylation sites (N-methyl/N-ethyl adjacent to an activating group) is 1. The van der Waals surface area contributed by atoms with Crippen molar-refractivity contribution in [2.45, 2.75) is 24.8 Å². The van der Waals surface area contributed by atoms with Gasteiger partial charge in [-0.1, -0.05) is 6.07 Å². The van der Waals surface area contributed by atoms with E-state index in [1.165, 1.54) is 20.2 Å². The molecule has 0 aliphatic heterocycles. The van der Waals surface area contributed by atoms with Crippen LogP contribution in [0.1, 0.15) is 13.8 Å². The number of hydrogen-bond acceptors (Lipinski definition) is 5. The van der Waals surface area contributed by atoms with Gasteiger partial charge in [-0.2, -0.15) is 0 Å². The molecular weight excluding hydrogens is 290 g/mol. The SMILES string of the molecule is CC(C)OCCN(C)c1cccc(S(=O)(=O)N(C)C)c1N. The van der Waals surface area contributed by atoms with E-state index in [1.54, 1.807) is 12.1 Å². The maximum absolute atomic E-state index is 12.2. The van der Waals surface area contributed by atoms with Gasteiger partial charge in [-0.15, -0.1) is 0 Å². The van der Waals surface area contributed by atoms with Crippen molar-refractivity contribution >= 4 is 21.4 Å². The quantitative estimate of drug-likeness (QED) is 0.769. The molecule has 0 atom stereocenters. The van der Waals surface area contributed by atoms with Crippen molar-refractivity contribution in [3.63, 3.8) is 0 Å². The number of benzene rings is 1. The van der Waals surface area contributed by atoms with Crippen LogP contribution in [0.15, 0.2) is 23.1 Å². The Balaban J connectivity index is 3.01. The van der Waals surface area contributed by atoms with Gasteiger partial charge < -0.3 is 15.4 Å². The summed E-state index contributed by atoms with van der Waals surface area (Å²) in [6.07, 6.45) is 0.163. The molecule has 0 aliphatic rings. The van der Waals surface area contributed by atoms with Gasteiger partial charge in [0, 0.05) is 27.7 Å². The van der Waals surface area contributed by atoms with Crippen molar-refractivity contribution in [2.75, 3.05) is 44.9 Å². The predicted octanol–water partition coefficient (Wildman–Crippen LogP) is 1.38. The fraction of sp³-hybridized carbons (Fsp3) is 0.571. The molecule has 0 spiro atoms. The van der Waals surface area contributed by atoms with Crippen LogP contribution in [0.5, 0.6) is 0 Å². The second kappa shape index (κ2) is 7.11. The van der Waals surface area contributed by atoms with Gasteiger partial charge in [0.1, 0.15) is 4.90 Å². The summed E-state index contributed by atoms with van der Waals surface area (Å²) in [5.41, 5.74) is 7.00. The Labute approximate surface area is 127 Å². The molecule has 6 nitrogen and oxygen atoms in total. The van der Waals surface area contributed by atoms with E-state index in [1.807, 2.05) is 25.8 Å². The highest BCUT2D eigenvalue weighted by atomic mass is 32.2. The molecule has 1 rings (SSSR count). The molecule has 0 unspecified atom stereocenters. The topological polar surface area (TPSA) is 75.9 Å². The Kier molecular flexibility index (Phi) is 6.00. The molecule has 0 radical (unpaired) electrons. The maximum atomic E-state index is 12.2. The Bertz CT molecular complexity index is 571. The van der Waals surface area contributed by atoms with Crippen LogP contribution in [0.2, 0.25) is 0 Å². The molecule has 0 saturated carbocycles. The lowest BCUT2D eigenvalue weighted by Crippen LogP contribution is -2.27. The number of nitrogens with two attached hydrogens (primary N) is 1. The molecule has 1 aromatic rings. The monoisotopic (exact) mass is 315 g/mol. The first-order valence-electron chi connectivity index (χ1n) is 6.81. The summed E-state index contributed by atoms with van der Waals surface area (Å²) in [6.45, 7) is 5.13. The molecule has 7 heteroatoms. The van der Waals surface area contributed by atoms with Gasteiger partial charge in [0.25, 0.3) is 0 Å². The summed E-state index contributed by atoms with van der Waals surface area (Å²) in [4.78, 5) is 2.02. The number of nitrogen functional groups attached to an aromatic ring is 1. The summed E-state index contributed by atoms with van der Waals surface area (Å²) in [7, 11) is 1.29. The smallest absolute Gasteiger partial charge is 0.244 e. The van der Waals surface area contributed by atoms with Gasteiger partial charge in [-0.05, 0) is 26.0 Å². The van der Waals surface area contributed by atoms with E-state index in [4.69, 9.17) is 10.5 Å². The molecule has 0 amide bonds. The van der Waals surface area contributed by atoms with Crippen molar-refractivity contribution in [2.24, 2.45) is 0 Å². The maximum Gasteiger partial charge on any atom is 0.244 e. The summed E-state index contributed by atoms with van der Waals surface area (Å²) in [5, 5.41) is 0. The number of hydrogen-bond donors (Lipinski definition) is 1. The van der Waals surface area contributed by atoms with Crippen molar-refractivity contribution < 1.29 is 13.2 Å². The standard InChI is InChI=1S/C14H25N3O3S/c1-11(2)20-10-9-17(5)12-7-6-8-13(14(12)15)21(18,19)16(3)4/h6-8,11H,9-10,15H2,1-5H3. The zero-order valence-electron chi connectivity index (χ0n) is 13.3. The average molecular weight is 315 g/mol. The summed E-state index contributed by atoms with van der Waals surface area (Å²) < 4.78 is 31.1. The lowest BCUT2D eigenvalue weighted by atomic mass is 10.2. The minimum absolute atomic E-state index is 0.127. The average Bonchev–Trinajstić information content (AvgIpc) is 2.37. The van der Waals surface area contributed by atoms with Gasteiger partial charge in [0.15, 0.2) is 0 Å². The Morgan fingerprint density at radius 1 is 1.24 bits per heavy atom. The van der Waals surface area contributed by atoms with Crippen molar-refractivity contribution in [1.29, 1.82) is 0 Å². The van der Waals surface area contributed by atoms with Gasteiger partial charge >= 0.3 is 0 Å². The van der Waals surface area contributed by atoms with E-state index in [9.17, 15) is 8.42 Å². The predicted molar refractivity (Wildman–Crippen MR) is 86.1 cm³/mol. The van der Waals surface area contributed by atoms with E-state index in [0.717, 1.165) is 4.31 Å². The molecule has 2 N–H and O–H groups in total. The van der Waals surface area contributed by atoms with Crippen LogP contribution in [0.25, 0.3) is 0 Å². The van der Waals surface area contributed by atoms with Gasteiger partial charge in [-0.25, -0.2) is 12.7 Å². The second-order valence-corrected chi connectivity index (χ2v) is 7.44. The number of anilines is 2. The van der Waals surface area contributed by atoms with Crippen LogP contribution in [0.3, 0.4) is 0 Å². The minimum atomic E-state index is -3.55. The lowest BCUT2D eigenvalue weighted by molar-refractivity contribution is 0.0846. The van der Waals surface area contributed by atoms with Crippen LogP contribution < -0.4 is 10.6 Å². The van der Waals surface area contributed by atoms with Crippen LogP contribution in [-0.2, 0) is 14.8 Å². The normalized spacial score (nSPS) is 12.1. The third-order valence-corrected chi connectivity index (χ3v) is 4.96. The van der Waals surface area contributed by atoms with Crippen molar-refractivity contribution in [1.82, 2.24) is 4.31 Å². The minimum Gasteiger partial charge on any atom is -0.396 e. The van der Waals surface area contributed by atoms with Gasteiger partial charge in [0.05, 0.1) is 24.1 Å². The highest BCUT2D eigenvalue weighted by molar-refractivity contribution is 7.89. The Morgan fingerprint density at radius 3 is 2.38 bits per heavy atom. The van der Waals surface area contributed by atoms with Crippen LogP contribution in [0, 0.1) is 0 Å². The first kappa shape index (κ1) is 17.7. The van der Waals surface area contributed by atoms with Gasteiger partial charge in [-0.3, -0.25) is 0 Å².